The first-order chi connectivity index (χ1) is 19.0. The molecule has 2 amide bonds. The molecule has 1 aromatic carbocycles. The summed E-state index contributed by atoms with van der Waals surface area (Å²) < 4.78 is 19.5. The summed E-state index contributed by atoms with van der Waals surface area (Å²) in [6, 6.07) is 5.82. The molecule has 4 heterocycles. The van der Waals surface area contributed by atoms with Crippen molar-refractivity contribution in [3.05, 3.63) is 41.7 Å². The van der Waals surface area contributed by atoms with Gasteiger partial charge in [0.2, 0.25) is 11.8 Å². The number of nitrogens with one attached hydrogen (secondary N) is 2. The molecule has 1 unspecified atom stereocenters. The van der Waals surface area contributed by atoms with Crippen molar-refractivity contribution in [3.63, 3.8) is 0 Å². The van der Waals surface area contributed by atoms with Gasteiger partial charge in [0.1, 0.15) is 23.0 Å². The van der Waals surface area contributed by atoms with Gasteiger partial charge < -0.3 is 29.7 Å². The fourth-order valence-corrected chi connectivity index (χ4v) is 5.18. The number of carbonyl (C=O) groups is 2. The third-order valence-corrected chi connectivity index (χ3v) is 7.35. The number of piperazine rings is 1. The van der Waals surface area contributed by atoms with E-state index in [1.54, 1.807) is 22.7 Å². The molecule has 5 rings (SSSR count). The first kappa shape index (κ1) is 27.7. The van der Waals surface area contributed by atoms with Gasteiger partial charge in [0.15, 0.2) is 0 Å². The molecular weight excluding hydrogens is 512 g/mol. The maximum atomic E-state index is 12.7. The number of carbonyl (C=O) groups excluding carboxylic acids is 2. The minimum absolute atomic E-state index is 0.0432. The van der Waals surface area contributed by atoms with Crippen LogP contribution in [0.5, 0.6) is 11.6 Å². The van der Waals surface area contributed by atoms with E-state index in [4.69, 9.17) is 19.2 Å². The molecule has 40 heavy (non-hydrogen) atoms. The lowest BCUT2D eigenvalue weighted by Gasteiger charge is -2.35. The Morgan fingerprint density at radius 2 is 2.05 bits per heavy atom. The molecule has 0 spiro atoms. The number of aryl methyl sites for hydroxylation is 1. The zero-order valence-electron chi connectivity index (χ0n) is 24.0. The number of benzene rings is 1. The minimum Gasteiger partial charge on any atom is -0.496 e. The van der Waals surface area contributed by atoms with Gasteiger partial charge in [-0.2, -0.15) is 5.10 Å². The zero-order chi connectivity index (χ0) is 28.6. The molecule has 0 aliphatic carbocycles. The van der Waals surface area contributed by atoms with Crippen molar-refractivity contribution in [2.45, 2.75) is 58.8 Å². The predicted octanol–water partition coefficient (Wildman–Crippen LogP) is 3.50. The fraction of sp³-hybridized carbons (Fsp3) is 0.517. The molecule has 0 radical (unpaired) electrons. The molecule has 214 valence electrons. The van der Waals surface area contributed by atoms with Crippen LogP contribution in [-0.2, 0) is 9.53 Å². The number of hydrogen-bond acceptors (Lipinski definition) is 8. The van der Waals surface area contributed by atoms with Crippen LogP contribution in [0.1, 0.15) is 51.3 Å². The van der Waals surface area contributed by atoms with Crippen molar-refractivity contribution in [1.29, 1.82) is 0 Å². The van der Waals surface area contributed by atoms with Crippen molar-refractivity contribution < 1.29 is 23.8 Å². The first-order valence-electron chi connectivity index (χ1n) is 13.7. The van der Waals surface area contributed by atoms with Crippen molar-refractivity contribution in [1.82, 2.24) is 30.1 Å². The lowest BCUT2D eigenvalue weighted by atomic mass is 10.00. The lowest BCUT2D eigenvalue weighted by Crippen LogP contribution is -2.49. The summed E-state index contributed by atoms with van der Waals surface area (Å²) in [4.78, 5) is 31.1. The topological polar surface area (TPSA) is 119 Å². The standard InChI is InChI=1S/C29H38N6O5/c1-17-13-32-35-16-22(33-27(26(17)35)39-18(2)20-12-25(36)31-14-20)19-7-8-21(24(11-19)38-6)23-15-34(10-9-30-23)28(37)40-29(3,4)5/h7-8,11,13,16,18,20,23,30H,9-10,12,14-15H2,1-6H3,(H,31,36)/t18-,20-,23?/m1/s1. The van der Waals surface area contributed by atoms with Crippen molar-refractivity contribution >= 4 is 17.5 Å². The second-order valence-electron chi connectivity index (χ2n) is 11.5. The predicted molar refractivity (Wildman–Crippen MR) is 149 cm³/mol. The molecule has 2 aromatic heterocycles. The number of amides is 2. The molecule has 3 aromatic rings. The summed E-state index contributed by atoms with van der Waals surface area (Å²) in [5.41, 5.74) is 3.65. The normalized spacial score (nSPS) is 20.4. The highest BCUT2D eigenvalue weighted by molar-refractivity contribution is 5.78. The van der Waals surface area contributed by atoms with Crippen LogP contribution in [0.3, 0.4) is 0 Å². The Balaban J connectivity index is 1.42. The second-order valence-corrected chi connectivity index (χ2v) is 11.5. The Bertz CT molecular complexity index is 1410. The highest BCUT2D eigenvalue weighted by atomic mass is 16.6. The maximum absolute atomic E-state index is 12.7. The molecule has 3 atom stereocenters. The highest BCUT2D eigenvalue weighted by Crippen LogP contribution is 2.34. The Morgan fingerprint density at radius 3 is 2.75 bits per heavy atom. The van der Waals surface area contributed by atoms with Crippen molar-refractivity contribution in [3.8, 4) is 22.9 Å². The second kappa shape index (κ2) is 11.0. The smallest absolute Gasteiger partial charge is 0.410 e. The molecule has 11 nitrogen and oxygen atoms in total. The van der Waals surface area contributed by atoms with Gasteiger partial charge in [0.25, 0.3) is 0 Å². The molecule has 2 aliphatic rings. The number of methoxy groups -OCH3 is 1. The molecule has 0 saturated carbocycles. The number of nitrogens with zero attached hydrogens (tertiary/aromatic N) is 4. The Morgan fingerprint density at radius 1 is 1.25 bits per heavy atom. The van der Waals surface area contributed by atoms with Crippen LogP contribution >= 0.6 is 0 Å². The molecular formula is C29H38N6O5. The van der Waals surface area contributed by atoms with Crippen LogP contribution in [0.25, 0.3) is 16.8 Å². The van der Waals surface area contributed by atoms with E-state index in [9.17, 15) is 9.59 Å². The number of fused-ring (bicyclic) bond motifs is 1. The summed E-state index contributed by atoms with van der Waals surface area (Å²) >= 11 is 0. The van der Waals surface area contributed by atoms with Crippen LogP contribution in [0, 0.1) is 12.8 Å². The highest BCUT2D eigenvalue weighted by Gasteiger charge is 2.31. The van der Waals surface area contributed by atoms with Crippen LogP contribution < -0.4 is 20.1 Å². The van der Waals surface area contributed by atoms with Gasteiger partial charge >= 0.3 is 6.09 Å². The van der Waals surface area contributed by atoms with Gasteiger partial charge in [0.05, 0.1) is 31.2 Å². The average molecular weight is 551 g/mol. The summed E-state index contributed by atoms with van der Waals surface area (Å²) in [6.07, 6.45) is 3.57. The van der Waals surface area contributed by atoms with Gasteiger partial charge in [-0.25, -0.2) is 14.3 Å². The first-order valence-corrected chi connectivity index (χ1v) is 13.7. The average Bonchev–Trinajstić information content (AvgIpc) is 3.53. The van der Waals surface area contributed by atoms with Gasteiger partial charge in [-0.05, 0) is 40.7 Å². The number of aromatic nitrogens is 3. The molecule has 2 N–H and O–H groups in total. The van der Waals surface area contributed by atoms with Gasteiger partial charge in [-0.15, -0.1) is 0 Å². The Labute approximate surface area is 234 Å². The van der Waals surface area contributed by atoms with E-state index in [1.165, 1.54) is 0 Å². The summed E-state index contributed by atoms with van der Waals surface area (Å²) in [6.45, 7) is 11.8. The van der Waals surface area contributed by atoms with Crippen molar-refractivity contribution in [2.24, 2.45) is 5.92 Å². The fourth-order valence-electron chi connectivity index (χ4n) is 5.18. The Hall–Kier alpha value is -3.86. The van der Waals surface area contributed by atoms with Gasteiger partial charge in [-0.1, -0.05) is 12.1 Å². The van der Waals surface area contributed by atoms with Crippen LogP contribution in [0.4, 0.5) is 4.79 Å². The largest absolute Gasteiger partial charge is 0.496 e. The monoisotopic (exact) mass is 550 g/mol. The van der Waals surface area contributed by atoms with E-state index in [1.807, 2.05) is 59.0 Å². The lowest BCUT2D eigenvalue weighted by molar-refractivity contribution is -0.119. The summed E-state index contributed by atoms with van der Waals surface area (Å²) in [5, 5.41) is 10.9. The van der Waals surface area contributed by atoms with E-state index >= 15 is 0 Å². The van der Waals surface area contributed by atoms with E-state index in [-0.39, 0.29) is 30.1 Å². The van der Waals surface area contributed by atoms with E-state index in [2.05, 4.69) is 15.7 Å². The molecule has 2 aliphatic heterocycles. The van der Waals surface area contributed by atoms with Crippen LogP contribution in [0.15, 0.2) is 30.6 Å². The third kappa shape index (κ3) is 5.84. The minimum atomic E-state index is -0.552. The van der Waals surface area contributed by atoms with E-state index in [0.717, 1.165) is 22.2 Å². The van der Waals surface area contributed by atoms with E-state index < -0.39 is 5.60 Å². The van der Waals surface area contributed by atoms with E-state index in [0.29, 0.717) is 49.9 Å². The van der Waals surface area contributed by atoms with Crippen molar-refractivity contribution in [2.75, 3.05) is 33.3 Å². The molecule has 2 fully saturated rings. The number of hydrogen-bond donors (Lipinski definition) is 2. The maximum Gasteiger partial charge on any atom is 0.410 e. The van der Waals surface area contributed by atoms with Crippen LogP contribution in [-0.4, -0.2) is 76.5 Å². The van der Waals surface area contributed by atoms with Gasteiger partial charge in [-0.3, -0.25) is 4.79 Å². The molecule has 0 bridgehead atoms. The Kier molecular flexibility index (Phi) is 7.59. The summed E-state index contributed by atoms with van der Waals surface area (Å²) in [7, 11) is 1.64. The molecule has 11 heteroatoms. The molecule has 2 saturated heterocycles. The van der Waals surface area contributed by atoms with Crippen LogP contribution in [0.2, 0.25) is 0 Å². The SMILES string of the molecule is COc1cc(-c2cn3ncc(C)c3c(O[C@H](C)[C@H]3CNC(=O)C3)n2)ccc1C1CN(C(=O)OC(C)(C)C)CCN1. The quantitative estimate of drug-likeness (QED) is 0.479. The zero-order valence-corrected chi connectivity index (χ0v) is 24.0. The van der Waals surface area contributed by atoms with Gasteiger partial charge in [0, 0.05) is 55.2 Å². The number of ether oxygens (including phenoxy) is 3. The summed E-state index contributed by atoms with van der Waals surface area (Å²) in [5.74, 6) is 1.28. The third-order valence-electron chi connectivity index (χ3n) is 7.35. The number of rotatable bonds is 6.